The molecule has 0 unspecified atom stereocenters. The Morgan fingerprint density at radius 2 is 2.05 bits per heavy atom. The number of nitro benzene ring substituents is 1. The van der Waals surface area contributed by atoms with Crippen molar-refractivity contribution in [1.82, 2.24) is 5.01 Å². The van der Waals surface area contributed by atoms with E-state index >= 15 is 0 Å². The summed E-state index contributed by atoms with van der Waals surface area (Å²) >= 11 is 0. The summed E-state index contributed by atoms with van der Waals surface area (Å²) in [5.41, 5.74) is 1.36. The van der Waals surface area contributed by atoms with Crippen molar-refractivity contribution in [3.05, 3.63) is 51.7 Å². The van der Waals surface area contributed by atoms with Crippen LogP contribution in [0.4, 0.5) is 5.69 Å². The van der Waals surface area contributed by atoms with Crippen molar-refractivity contribution in [3.63, 3.8) is 0 Å². The zero-order valence-electron chi connectivity index (χ0n) is 12.1. The summed E-state index contributed by atoms with van der Waals surface area (Å²) in [5.74, 6) is -0.424. The molecular formula is C14H17N3O4. The van der Waals surface area contributed by atoms with Gasteiger partial charge in [-0.1, -0.05) is 0 Å². The van der Waals surface area contributed by atoms with Gasteiger partial charge < -0.3 is 4.74 Å². The van der Waals surface area contributed by atoms with E-state index in [2.05, 4.69) is 5.10 Å². The van der Waals surface area contributed by atoms with Gasteiger partial charge in [-0.15, -0.1) is 0 Å². The average Bonchev–Trinajstić information content (AvgIpc) is 2.45. The summed E-state index contributed by atoms with van der Waals surface area (Å²) in [6.07, 6.45) is 2.89. The van der Waals surface area contributed by atoms with E-state index in [4.69, 9.17) is 4.74 Å². The number of hydrogen-bond acceptors (Lipinski definition) is 6. The highest BCUT2D eigenvalue weighted by molar-refractivity contribution is 5.83. The number of nitro groups is 1. The second kappa shape index (κ2) is 7.78. The molecule has 0 heterocycles. The summed E-state index contributed by atoms with van der Waals surface area (Å²) < 4.78 is 4.80. The summed E-state index contributed by atoms with van der Waals surface area (Å²) in [7, 11) is 1.69. The summed E-state index contributed by atoms with van der Waals surface area (Å²) in [5, 5.41) is 16.2. The molecular weight excluding hydrogens is 274 g/mol. The monoisotopic (exact) mass is 291 g/mol. The standard InChI is InChI=1S/C14H17N3O4/c1-4-21-14(18)9-11(2)16(3)15-10-12-5-7-13(8-6-12)17(19)20/h5-10H,4H2,1-3H3/b11-9+,15-10+. The van der Waals surface area contributed by atoms with Gasteiger partial charge in [-0.3, -0.25) is 15.1 Å². The Morgan fingerprint density at radius 3 is 2.57 bits per heavy atom. The molecule has 0 radical (unpaired) electrons. The summed E-state index contributed by atoms with van der Waals surface area (Å²) in [6, 6.07) is 6.01. The lowest BCUT2D eigenvalue weighted by molar-refractivity contribution is -0.384. The van der Waals surface area contributed by atoms with Crippen LogP contribution in [-0.4, -0.2) is 35.8 Å². The number of ether oxygens (including phenoxy) is 1. The third-order valence-corrected chi connectivity index (χ3v) is 2.61. The van der Waals surface area contributed by atoms with Crippen molar-refractivity contribution >= 4 is 17.9 Å². The number of esters is 1. The molecule has 1 aromatic carbocycles. The highest BCUT2D eigenvalue weighted by Crippen LogP contribution is 2.11. The predicted molar refractivity (Wildman–Crippen MR) is 78.8 cm³/mol. The van der Waals surface area contributed by atoms with Crippen LogP contribution in [0.1, 0.15) is 19.4 Å². The van der Waals surface area contributed by atoms with Crippen LogP contribution in [0.15, 0.2) is 41.1 Å². The van der Waals surface area contributed by atoms with Gasteiger partial charge in [0.1, 0.15) is 0 Å². The van der Waals surface area contributed by atoms with E-state index in [0.29, 0.717) is 12.3 Å². The van der Waals surface area contributed by atoms with Crippen LogP contribution in [0, 0.1) is 10.1 Å². The number of rotatable bonds is 6. The number of non-ortho nitro benzene ring substituents is 1. The van der Waals surface area contributed by atoms with Gasteiger partial charge in [0.15, 0.2) is 0 Å². The second-order valence-electron chi connectivity index (χ2n) is 4.15. The van der Waals surface area contributed by atoms with E-state index in [1.54, 1.807) is 39.2 Å². The number of benzene rings is 1. The fourth-order valence-corrected chi connectivity index (χ4v) is 1.37. The van der Waals surface area contributed by atoms with Crippen molar-refractivity contribution in [2.24, 2.45) is 5.10 Å². The quantitative estimate of drug-likeness (QED) is 0.264. The van der Waals surface area contributed by atoms with Crippen molar-refractivity contribution in [1.29, 1.82) is 0 Å². The van der Waals surface area contributed by atoms with Gasteiger partial charge in [-0.2, -0.15) is 5.10 Å². The van der Waals surface area contributed by atoms with Crippen LogP contribution in [0.5, 0.6) is 0 Å². The van der Waals surface area contributed by atoms with Crippen molar-refractivity contribution < 1.29 is 14.5 Å². The normalized spacial score (nSPS) is 11.5. The lowest BCUT2D eigenvalue weighted by Crippen LogP contribution is -2.11. The van der Waals surface area contributed by atoms with Gasteiger partial charge in [0, 0.05) is 31.0 Å². The Kier molecular flexibility index (Phi) is 6.06. The fraction of sp³-hybridized carbons (Fsp3) is 0.286. The molecule has 1 aromatic rings. The van der Waals surface area contributed by atoms with Gasteiger partial charge in [-0.25, -0.2) is 4.79 Å². The number of nitrogens with zero attached hydrogens (tertiary/aromatic N) is 3. The Balaban J connectivity index is 2.70. The molecule has 7 nitrogen and oxygen atoms in total. The zero-order chi connectivity index (χ0) is 15.8. The number of hydrazone groups is 1. The molecule has 0 aliphatic rings. The van der Waals surface area contributed by atoms with E-state index in [-0.39, 0.29) is 5.69 Å². The first-order valence-corrected chi connectivity index (χ1v) is 6.31. The molecule has 112 valence electrons. The number of carbonyl (C=O) groups is 1. The van der Waals surface area contributed by atoms with Crippen LogP contribution in [0.2, 0.25) is 0 Å². The maximum absolute atomic E-state index is 11.3. The molecule has 0 aliphatic heterocycles. The molecule has 7 heteroatoms. The molecule has 0 saturated heterocycles. The molecule has 0 saturated carbocycles. The molecule has 21 heavy (non-hydrogen) atoms. The molecule has 0 atom stereocenters. The zero-order valence-corrected chi connectivity index (χ0v) is 12.1. The molecule has 0 amide bonds. The first-order valence-electron chi connectivity index (χ1n) is 6.31. The maximum Gasteiger partial charge on any atom is 0.332 e. The van der Waals surface area contributed by atoms with Gasteiger partial charge in [0.2, 0.25) is 0 Å². The summed E-state index contributed by atoms with van der Waals surface area (Å²) in [4.78, 5) is 21.4. The Hall–Kier alpha value is -2.70. The molecule has 1 rings (SSSR count). The lowest BCUT2D eigenvalue weighted by Gasteiger charge is -2.12. The molecule has 0 bridgehead atoms. The first-order chi connectivity index (χ1) is 9.93. The highest BCUT2D eigenvalue weighted by Gasteiger charge is 2.04. The third kappa shape index (κ3) is 5.43. The number of carbonyl (C=O) groups excluding carboxylic acids is 1. The largest absolute Gasteiger partial charge is 0.463 e. The topological polar surface area (TPSA) is 85.0 Å². The summed E-state index contributed by atoms with van der Waals surface area (Å²) in [6.45, 7) is 3.78. The SMILES string of the molecule is CCOC(=O)/C=C(\C)N(C)/N=C/c1ccc([N+](=O)[O-])cc1. The van der Waals surface area contributed by atoms with Gasteiger partial charge in [-0.05, 0) is 31.5 Å². The average molecular weight is 291 g/mol. The van der Waals surface area contributed by atoms with Gasteiger partial charge >= 0.3 is 5.97 Å². The molecule has 0 spiro atoms. The molecule has 0 aliphatic carbocycles. The second-order valence-corrected chi connectivity index (χ2v) is 4.15. The van der Waals surface area contributed by atoms with Crippen LogP contribution < -0.4 is 0 Å². The Bertz CT molecular complexity index is 564. The van der Waals surface area contributed by atoms with E-state index in [1.807, 2.05) is 0 Å². The lowest BCUT2D eigenvalue weighted by atomic mass is 10.2. The van der Waals surface area contributed by atoms with E-state index in [1.165, 1.54) is 23.2 Å². The van der Waals surface area contributed by atoms with Gasteiger partial charge in [0.25, 0.3) is 5.69 Å². The van der Waals surface area contributed by atoms with E-state index in [9.17, 15) is 14.9 Å². The van der Waals surface area contributed by atoms with E-state index < -0.39 is 10.9 Å². The minimum Gasteiger partial charge on any atom is -0.463 e. The smallest absolute Gasteiger partial charge is 0.332 e. The van der Waals surface area contributed by atoms with Crippen molar-refractivity contribution in [3.8, 4) is 0 Å². The van der Waals surface area contributed by atoms with Crippen molar-refractivity contribution in [2.45, 2.75) is 13.8 Å². The first kappa shape index (κ1) is 16.4. The Morgan fingerprint density at radius 1 is 1.43 bits per heavy atom. The van der Waals surface area contributed by atoms with Gasteiger partial charge in [0.05, 0.1) is 17.7 Å². The number of allylic oxidation sites excluding steroid dienone is 1. The molecule has 0 N–H and O–H groups in total. The highest BCUT2D eigenvalue weighted by atomic mass is 16.6. The van der Waals surface area contributed by atoms with Crippen LogP contribution in [0.25, 0.3) is 0 Å². The van der Waals surface area contributed by atoms with Crippen LogP contribution in [0.3, 0.4) is 0 Å². The Labute approximate surface area is 122 Å². The predicted octanol–water partition coefficient (Wildman–Crippen LogP) is 2.33. The minimum absolute atomic E-state index is 0.0268. The minimum atomic E-state index is -0.459. The maximum atomic E-state index is 11.3. The molecule has 0 fully saturated rings. The third-order valence-electron chi connectivity index (χ3n) is 2.61. The van der Waals surface area contributed by atoms with Crippen molar-refractivity contribution in [2.75, 3.05) is 13.7 Å². The number of hydrogen-bond donors (Lipinski definition) is 0. The van der Waals surface area contributed by atoms with E-state index in [0.717, 1.165) is 5.56 Å². The molecule has 0 aromatic heterocycles. The van der Waals surface area contributed by atoms with Crippen LogP contribution >= 0.6 is 0 Å². The fourth-order valence-electron chi connectivity index (χ4n) is 1.37. The van der Waals surface area contributed by atoms with Crippen LogP contribution in [-0.2, 0) is 9.53 Å².